The van der Waals surface area contributed by atoms with Crippen LogP contribution in [0.4, 0.5) is 0 Å². The number of nitrogens with zero attached hydrogens (tertiary/aromatic N) is 1. The van der Waals surface area contributed by atoms with Crippen LogP contribution in [0.5, 0.6) is 5.75 Å². The Hall–Kier alpha value is -1.10. The Balaban J connectivity index is 1.94. The Morgan fingerprint density at radius 2 is 2.21 bits per heavy atom. The van der Waals surface area contributed by atoms with Gasteiger partial charge in [0.2, 0.25) is 0 Å². The number of nitrogens with two attached hydrogens (primary N) is 1. The first-order chi connectivity index (χ1) is 9.09. The second-order valence-electron chi connectivity index (χ2n) is 6.08. The molecule has 0 aromatic heterocycles. The van der Waals surface area contributed by atoms with Crippen molar-refractivity contribution in [1.29, 1.82) is 0 Å². The van der Waals surface area contributed by atoms with Gasteiger partial charge in [0, 0.05) is 19.6 Å². The third kappa shape index (κ3) is 1.95. The van der Waals surface area contributed by atoms with E-state index in [1.807, 2.05) is 25.2 Å². The summed E-state index contributed by atoms with van der Waals surface area (Å²) in [5, 5.41) is 11.1. The molecule has 4 nitrogen and oxygen atoms in total. The van der Waals surface area contributed by atoms with Gasteiger partial charge < -0.3 is 20.5 Å². The number of para-hydroxylation sites is 1. The Bertz CT molecular complexity index is 479. The first kappa shape index (κ1) is 12.9. The van der Waals surface area contributed by atoms with Crippen LogP contribution in [0.15, 0.2) is 24.3 Å². The summed E-state index contributed by atoms with van der Waals surface area (Å²) in [5.41, 5.74) is 6.09. The quantitative estimate of drug-likeness (QED) is 0.821. The van der Waals surface area contributed by atoms with Crippen molar-refractivity contribution >= 4 is 0 Å². The molecule has 2 aliphatic rings. The number of β-amino-alcohol motifs (C(OH)–C–C–N with tert-alkyl or cyclic N) is 1. The minimum Gasteiger partial charge on any atom is -0.493 e. The van der Waals surface area contributed by atoms with Crippen LogP contribution < -0.4 is 10.5 Å². The number of hydrogen-bond acceptors (Lipinski definition) is 4. The first-order valence-electron chi connectivity index (χ1n) is 6.90. The lowest BCUT2D eigenvalue weighted by Crippen LogP contribution is -2.59. The molecule has 0 aliphatic carbocycles. The second kappa shape index (κ2) is 4.47. The number of fused-ring (bicyclic) bond motifs is 1. The van der Waals surface area contributed by atoms with Gasteiger partial charge >= 0.3 is 0 Å². The van der Waals surface area contributed by atoms with Crippen molar-refractivity contribution in [2.24, 2.45) is 11.1 Å². The van der Waals surface area contributed by atoms with E-state index in [9.17, 15) is 5.11 Å². The van der Waals surface area contributed by atoms with E-state index in [0.717, 1.165) is 30.7 Å². The molecule has 19 heavy (non-hydrogen) atoms. The number of likely N-dealkylation sites (N-methyl/N-ethyl adjacent to an activating group) is 1. The summed E-state index contributed by atoms with van der Waals surface area (Å²) in [6, 6.07) is 8.05. The van der Waals surface area contributed by atoms with Gasteiger partial charge in [0.1, 0.15) is 5.75 Å². The van der Waals surface area contributed by atoms with Crippen LogP contribution in [0.1, 0.15) is 12.0 Å². The van der Waals surface area contributed by atoms with Crippen molar-refractivity contribution in [1.82, 2.24) is 4.90 Å². The molecule has 1 aromatic rings. The van der Waals surface area contributed by atoms with E-state index in [-0.39, 0.29) is 5.41 Å². The minimum atomic E-state index is -0.746. The van der Waals surface area contributed by atoms with E-state index in [1.54, 1.807) is 0 Å². The minimum absolute atomic E-state index is 0.369. The molecule has 104 valence electrons. The van der Waals surface area contributed by atoms with Gasteiger partial charge in [-0.2, -0.15) is 0 Å². The number of likely N-dealkylation sites (tertiary alicyclic amines) is 1. The van der Waals surface area contributed by atoms with Gasteiger partial charge in [0.15, 0.2) is 0 Å². The Morgan fingerprint density at radius 3 is 2.89 bits per heavy atom. The van der Waals surface area contributed by atoms with E-state index in [4.69, 9.17) is 10.5 Å². The molecule has 0 bridgehead atoms. The average Bonchev–Trinajstić information content (AvgIpc) is 2.79. The molecule has 3 N–H and O–H groups in total. The van der Waals surface area contributed by atoms with Gasteiger partial charge in [-0.3, -0.25) is 0 Å². The molecular formula is C15H22N2O2. The lowest BCUT2D eigenvalue weighted by atomic mass is 9.67. The topological polar surface area (TPSA) is 58.7 Å². The maximum atomic E-state index is 11.1. The van der Waals surface area contributed by atoms with Gasteiger partial charge in [0.05, 0.1) is 17.6 Å². The van der Waals surface area contributed by atoms with E-state index in [2.05, 4.69) is 11.0 Å². The summed E-state index contributed by atoms with van der Waals surface area (Å²) < 4.78 is 5.88. The van der Waals surface area contributed by atoms with Gasteiger partial charge in [-0.1, -0.05) is 18.2 Å². The van der Waals surface area contributed by atoms with Crippen molar-refractivity contribution in [2.45, 2.75) is 18.4 Å². The number of hydrogen-bond donors (Lipinski definition) is 2. The molecule has 1 aromatic carbocycles. The molecule has 3 rings (SSSR count). The predicted octanol–water partition coefficient (Wildman–Crippen LogP) is 0.633. The molecule has 0 saturated carbocycles. The molecule has 2 unspecified atom stereocenters. The molecule has 1 saturated heterocycles. The lowest BCUT2D eigenvalue weighted by molar-refractivity contribution is -0.0971. The summed E-state index contributed by atoms with van der Waals surface area (Å²) in [4.78, 5) is 2.16. The molecule has 0 radical (unpaired) electrons. The highest BCUT2D eigenvalue weighted by atomic mass is 16.5. The van der Waals surface area contributed by atoms with Crippen LogP contribution in [0.3, 0.4) is 0 Å². The zero-order valence-corrected chi connectivity index (χ0v) is 11.4. The van der Waals surface area contributed by atoms with Crippen LogP contribution in [0, 0.1) is 5.41 Å². The lowest BCUT2D eigenvalue weighted by Gasteiger charge is -2.47. The van der Waals surface area contributed by atoms with Gasteiger partial charge in [-0.05, 0) is 31.5 Å². The number of benzene rings is 1. The van der Waals surface area contributed by atoms with Crippen LogP contribution in [0.2, 0.25) is 0 Å². The van der Waals surface area contributed by atoms with Crippen molar-refractivity contribution in [3.63, 3.8) is 0 Å². The Kier molecular flexibility index (Phi) is 3.04. The van der Waals surface area contributed by atoms with Crippen LogP contribution >= 0.6 is 0 Å². The SMILES string of the molecule is CN1CCC(O)(C2(CN)COc3ccccc3C2)C1. The number of ether oxygens (including phenoxy) is 1. The fourth-order valence-electron chi connectivity index (χ4n) is 3.46. The van der Waals surface area contributed by atoms with Crippen molar-refractivity contribution in [3.8, 4) is 5.75 Å². The van der Waals surface area contributed by atoms with Crippen LogP contribution in [0.25, 0.3) is 0 Å². The highest BCUT2D eigenvalue weighted by Gasteiger charge is 2.54. The second-order valence-corrected chi connectivity index (χ2v) is 6.08. The number of aliphatic hydroxyl groups is 1. The summed E-state index contributed by atoms with van der Waals surface area (Å²) in [5.74, 6) is 0.932. The maximum absolute atomic E-state index is 11.1. The highest BCUT2D eigenvalue weighted by Crippen LogP contribution is 2.45. The monoisotopic (exact) mass is 262 g/mol. The maximum Gasteiger partial charge on any atom is 0.122 e. The fourth-order valence-corrected chi connectivity index (χ4v) is 3.46. The largest absolute Gasteiger partial charge is 0.493 e. The fraction of sp³-hybridized carbons (Fsp3) is 0.600. The van der Waals surface area contributed by atoms with E-state index in [1.165, 1.54) is 0 Å². The average molecular weight is 262 g/mol. The number of rotatable bonds is 2. The smallest absolute Gasteiger partial charge is 0.122 e. The summed E-state index contributed by atoms with van der Waals surface area (Å²) in [7, 11) is 2.04. The molecule has 2 aliphatic heterocycles. The van der Waals surface area contributed by atoms with Gasteiger partial charge in [-0.15, -0.1) is 0 Å². The third-order valence-corrected chi connectivity index (χ3v) is 4.82. The highest BCUT2D eigenvalue weighted by molar-refractivity contribution is 5.37. The summed E-state index contributed by atoms with van der Waals surface area (Å²) in [6.07, 6.45) is 1.57. The zero-order chi connectivity index (χ0) is 13.5. The molecule has 0 spiro atoms. The van der Waals surface area contributed by atoms with Gasteiger partial charge in [-0.25, -0.2) is 0 Å². The summed E-state index contributed by atoms with van der Waals surface area (Å²) in [6.45, 7) is 2.55. The van der Waals surface area contributed by atoms with Crippen molar-refractivity contribution in [3.05, 3.63) is 29.8 Å². The molecule has 4 heteroatoms. The molecule has 0 amide bonds. The van der Waals surface area contributed by atoms with Crippen LogP contribution in [-0.2, 0) is 6.42 Å². The molecule has 1 fully saturated rings. The van der Waals surface area contributed by atoms with E-state index in [0.29, 0.717) is 19.7 Å². The molecular weight excluding hydrogens is 240 g/mol. The van der Waals surface area contributed by atoms with Crippen LogP contribution in [-0.4, -0.2) is 48.9 Å². The normalized spacial score (nSPS) is 34.9. The summed E-state index contributed by atoms with van der Waals surface area (Å²) >= 11 is 0. The third-order valence-electron chi connectivity index (χ3n) is 4.82. The Labute approximate surface area is 114 Å². The first-order valence-corrected chi connectivity index (χ1v) is 6.90. The van der Waals surface area contributed by atoms with E-state index >= 15 is 0 Å². The predicted molar refractivity (Wildman–Crippen MR) is 74.2 cm³/mol. The van der Waals surface area contributed by atoms with Crippen molar-refractivity contribution in [2.75, 3.05) is 33.3 Å². The van der Waals surface area contributed by atoms with Gasteiger partial charge in [0.25, 0.3) is 0 Å². The zero-order valence-electron chi connectivity index (χ0n) is 11.4. The molecule has 2 atom stereocenters. The Morgan fingerprint density at radius 1 is 1.42 bits per heavy atom. The van der Waals surface area contributed by atoms with Crippen molar-refractivity contribution < 1.29 is 9.84 Å². The molecule has 2 heterocycles. The van der Waals surface area contributed by atoms with E-state index < -0.39 is 5.60 Å². The standard InChI is InChI=1S/C15H22N2O2/c1-17-7-6-15(18,10-17)14(9-16)8-12-4-2-3-5-13(12)19-11-14/h2-5,18H,6-11,16H2,1H3.